The van der Waals surface area contributed by atoms with Crippen LogP contribution < -0.4 is 0 Å². The lowest BCUT2D eigenvalue weighted by Gasteiger charge is -2.19. The number of amides is 1. The number of carbonyl (C=O) groups excluding carboxylic acids is 1. The van der Waals surface area contributed by atoms with Gasteiger partial charge in [-0.2, -0.15) is 0 Å². The van der Waals surface area contributed by atoms with E-state index in [9.17, 15) is 9.90 Å². The Morgan fingerprint density at radius 3 is 2.83 bits per heavy atom. The summed E-state index contributed by atoms with van der Waals surface area (Å²) >= 11 is 0. The molecule has 4 nitrogen and oxygen atoms in total. The second kappa shape index (κ2) is 3.76. The molecule has 1 saturated heterocycles. The first-order valence-electron chi connectivity index (χ1n) is 4.26. The predicted molar refractivity (Wildman–Crippen MR) is 43.8 cm³/mol. The van der Waals surface area contributed by atoms with E-state index in [1.807, 2.05) is 6.92 Å². The molecule has 0 spiro atoms. The summed E-state index contributed by atoms with van der Waals surface area (Å²) in [7, 11) is 0. The number of nitrogens with zero attached hydrogens (tertiary/aromatic N) is 1. The first-order valence-corrected chi connectivity index (χ1v) is 4.26. The van der Waals surface area contributed by atoms with Gasteiger partial charge in [0.2, 0.25) is 0 Å². The molecule has 1 fully saturated rings. The summed E-state index contributed by atoms with van der Waals surface area (Å²) in [5, 5.41) is 9.24. The Morgan fingerprint density at radius 2 is 2.42 bits per heavy atom. The first kappa shape index (κ1) is 9.32. The zero-order valence-electron chi connectivity index (χ0n) is 7.49. The smallest absolute Gasteiger partial charge is 0.410 e. The fraction of sp³-hybridized carbons (Fsp3) is 0.875. The summed E-state index contributed by atoms with van der Waals surface area (Å²) in [6.45, 7) is 4.47. The number of β-amino-alcohol motifs (C(OH)–C–C–N with tert-alkyl or cyclic N) is 1. The third-order valence-electron chi connectivity index (χ3n) is 2.06. The number of carbonyl (C=O) groups is 1. The molecule has 0 radical (unpaired) electrons. The monoisotopic (exact) mass is 173 g/mol. The molecule has 1 aliphatic heterocycles. The maximum Gasteiger partial charge on any atom is 0.410 e. The van der Waals surface area contributed by atoms with Gasteiger partial charge < -0.3 is 14.7 Å². The van der Waals surface area contributed by atoms with Crippen LogP contribution in [0.1, 0.15) is 20.3 Å². The van der Waals surface area contributed by atoms with Crippen molar-refractivity contribution in [3.05, 3.63) is 0 Å². The van der Waals surface area contributed by atoms with Crippen LogP contribution in [0.25, 0.3) is 0 Å². The molecule has 0 aromatic rings. The molecule has 1 heterocycles. The van der Waals surface area contributed by atoms with Gasteiger partial charge >= 0.3 is 6.09 Å². The van der Waals surface area contributed by atoms with E-state index in [0.29, 0.717) is 19.6 Å². The van der Waals surface area contributed by atoms with E-state index in [2.05, 4.69) is 0 Å². The van der Waals surface area contributed by atoms with Crippen molar-refractivity contribution in [2.45, 2.75) is 32.4 Å². The zero-order valence-corrected chi connectivity index (χ0v) is 7.49. The van der Waals surface area contributed by atoms with E-state index in [4.69, 9.17) is 4.74 Å². The summed E-state index contributed by atoms with van der Waals surface area (Å²) < 4.78 is 4.82. The average Bonchev–Trinajstić information content (AvgIpc) is 2.30. The molecule has 0 aliphatic carbocycles. The molecule has 0 saturated carbocycles. The molecule has 12 heavy (non-hydrogen) atoms. The van der Waals surface area contributed by atoms with Crippen molar-refractivity contribution in [2.75, 3.05) is 13.2 Å². The van der Waals surface area contributed by atoms with Crippen molar-refractivity contribution in [1.82, 2.24) is 4.90 Å². The van der Waals surface area contributed by atoms with Gasteiger partial charge in [0.1, 0.15) is 0 Å². The Hall–Kier alpha value is -0.770. The van der Waals surface area contributed by atoms with Crippen molar-refractivity contribution >= 4 is 6.09 Å². The normalized spacial score (nSPS) is 29.1. The molecule has 70 valence electrons. The lowest BCUT2D eigenvalue weighted by molar-refractivity contribution is 0.0996. The number of likely N-dealkylation sites (tertiary alicyclic amines) is 1. The largest absolute Gasteiger partial charge is 0.450 e. The van der Waals surface area contributed by atoms with Crippen LogP contribution in [-0.2, 0) is 4.74 Å². The molecule has 2 atom stereocenters. The molecule has 1 N–H and O–H groups in total. The second-order valence-electron chi connectivity index (χ2n) is 3.09. The van der Waals surface area contributed by atoms with Crippen molar-refractivity contribution in [3.8, 4) is 0 Å². The lowest BCUT2D eigenvalue weighted by Crippen LogP contribution is -2.34. The van der Waals surface area contributed by atoms with Crippen molar-refractivity contribution in [3.63, 3.8) is 0 Å². The summed E-state index contributed by atoms with van der Waals surface area (Å²) in [4.78, 5) is 12.8. The van der Waals surface area contributed by atoms with Gasteiger partial charge in [-0.15, -0.1) is 0 Å². The van der Waals surface area contributed by atoms with Crippen LogP contribution in [-0.4, -0.2) is 41.4 Å². The highest BCUT2D eigenvalue weighted by Gasteiger charge is 2.31. The van der Waals surface area contributed by atoms with E-state index >= 15 is 0 Å². The molecule has 0 aromatic carbocycles. The molecular formula is C8H15NO3. The fourth-order valence-corrected chi connectivity index (χ4v) is 1.46. The quantitative estimate of drug-likeness (QED) is 0.631. The van der Waals surface area contributed by atoms with Crippen LogP contribution in [0.2, 0.25) is 0 Å². The van der Waals surface area contributed by atoms with Gasteiger partial charge in [0.25, 0.3) is 0 Å². The number of hydrogen-bond donors (Lipinski definition) is 1. The van der Waals surface area contributed by atoms with Crippen LogP contribution in [0.15, 0.2) is 0 Å². The van der Waals surface area contributed by atoms with Crippen LogP contribution in [0.5, 0.6) is 0 Å². The third kappa shape index (κ3) is 1.88. The van der Waals surface area contributed by atoms with Crippen LogP contribution in [0.4, 0.5) is 4.79 Å². The van der Waals surface area contributed by atoms with Gasteiger partial charge in [-0.1, -0.05) is 0 Å². The molecule has 0 aromatic heterocycles. The minimum Gasteiger partial charge on any atom is -0.450 e. The number of rotatable bonds is 1. The van der Waals surface area contributed by atoms with E-state index in [0.717, 1.165) is 0 Å². The fourth-order valence-electron chi connectivity index (χ4n) is 1.46. The van der Waals surface area contributed by atoms with Crippen LogP contribution >= 0.6 is 0 Å². The van der Waals surface area contributed by atoms with Gasteiger partial charge in [-0.05, 0) is 20.3 Å². The van der Waals surface area contributed by atoms with E-state index in [1.165, 1.54) is 0 Å². The van der Waals surface area contributed by atoms with Gasteiger partial charge in [-0.3, -0.25) is 0 Å². The predicted octanol–water partition coefficient (Wildman–Crippen LogP) is 0.598. The number of aliphatic hydroxyl groups is 1. The molecular weight excluding hydrogens is 158 g/mol. The Kier molecular flexibility index (Phi) is 2.92. The highest BCUT2D eigenvalue weighted by Crippen LogP contribution is 2.17. The maximum atomic E-state index is 11.2. The number of ether oxygens (including phenoxy) is 1. The minimum atomic E-state index is -0.385. The summed E-state index contributed by atoms with van der Waals surface area (Å²) in [5.41, 5.74) is 0. The highest BCUT2D eigenvalue weighted by molar-refractivity contribution is 5.68. The average molecular weight is 173 g/mol. The van der Waals surface area contributed by atoms with Crippen LogP contribution in [0, 0.1) is 0 Å². The third-order valence-corrected chi connectivity index (χ3v) is 2.06. The molecule has 1 rings (SSSR count). The summed E-state index contributed by atoms with van der Waals surface area (Å²) in [5.74, 6) is 0. The van der Waals surface area contributed by atoms with Gasteiger partial charge in [-0.25, -0.2) is 4.79 Å². The standard InChI is InChI=1S/C8H15NO3/c1-3-12-8(11)9-5-7(10)4-6(9)2/h6-7,10H,3-5H2,1-2H3/t6-,7+/m1/s1. The Morgan fingerprint density at radius 1 is 1.75 bits per heavy atom. The highest BCUT2D eigenvalue weighted by atomic mass is 16.6. The topological polar surface area (TPSA) is 49.8 Å². The summed E-state index contributed by atoms with van der Waals surface area (Å²) in [6.07, 6.45) is -0.0512. The lowest BCUT2D eigenvalue weighted by atomic mass is 10.2. The van der Waals surface area contributed by atoms with Crippen molar-refractivity contribution < 1.29 is 14.6 Å². The molecule has 1 aliphatic rings. The van der Waals surface area contributed by atoms with Crippen LogP contribution in [0.3, 0.4) is 0 Å². The second-order valence-corrected chi connectivity index (χ2v) is 3.09. The Bertz CT molecular complexity index is 172. The Balaban J connectivity index is 2.46. The number of hydrogen-bond acceptors (Lipinski definition) is 3. The van der Waals surface area contributed by atoms with Gasteiger partial charge in [0.05, 0.1) is 19.3 Å². The van der Waals surface area contributed by atoms with E-state index < -0.39 is 0 Å². The molecule has 1 amide bonds. The molecule has 0 unspecified atom stereocenters. The SMILES string of the molecule is CCOC(=O)N1C[C@@H](O)C[C@H]1C. The van der Waals surface area contributed by atoms with E-state index in [-0.39, 0.29) is 18.2 Å². The summed E-state index contributed by atoms with van der Waals surface area (Å²) in [6, 6.07) is 0.0963. The Labute approximate surface area is 72.1 Å². The maximum absolute atomic E-state index is 11.2. The van der Waals surface area contributed by atoms with Crippen molar-refractivity contribution in [2.24, 2.45) is 0 Å². The van der Waals surface area contributed by atoms with Gasteiger partial charge in [0, 0.05) is 6.04 Å². The van der Waals surface area contributed by atoms with E-state index in [1.54, 1.807) is 11.8 Å². The molecule has 4 heteroatoms. The minimum absolute atomic E-state index is 0.0963. The van der Waals surface area contributed by atoms with Crippen molar-refractivity contribution in [1.29, 1.82) is 0 Å². The number of aliphatic hydroxyl groups excluding tert-OH is 1. The first-order chi connectivity index (χ1) is 5.65. The zero-order chi connectivity index (χ0) is 9.14. The molecule has 0 bridgehead atoms. The van der Waals surface area contributed by atoms with Gasteiger partial charge in [0.15, 0.2) is 0 Å².